The molecule has 2 fully saturated rings. The summed E-state index contributed by atoms with van der Waals surface area (Å²) in [7, 11) is 0. The molecule has 0 aliphatic carbocycles. The van der Waals surface area contributed by atoms with Gasteiger partial charge in [-0.3, -0.25) is 9.89 Å². The third-order valence-corrected chi connectivity index (χ3v) is 5.05. The third-order valence-electron chi connectivity index (χ3n) is 5.05. The van der Waals surface area contributed by atoms with E-state index in [4.69, 9.17) is 0 Å². The van der Waals surface area contributed by atoms with E-state index in [-0.39, 0.29) is 18.0 Å². The van der Waals surface area contributed by atoms with Crippen molar-refractivity contribution in [2.75, 3.05) is 19.6 Å². The van der Waals surface area contributed by atoms with Gasteiger partial charge in [-0.05, 0) is 45.4 Å². The zero-order chi connectivity index (χ0) is 16.9. The van der Waals surface area contributed by atoms with E-state index in [0.717, 1.165) is 50.8 Å². The van der Waals surface area contributed by atoms with Gasteiger partial charge in [-0.25, -0.2) is 4.79 Å². The number of nitrogens with one attached hydrogen (secondary N) is 2. The molecule has 2 aliphatic rings. The first kappa shape index (κ1) is 16.8. The van der Waals surface area contributed by atoms with Crippen LogP contribution in [0.2, 0.25) is 0 Å². The molecular formula is C17H27N5O2. The second kappa shape index (κ2) is 7.68. The van der Waals surface area contributed by atoms with Crippen LogP contribution in [0.1, 0.15) is 57.1 Å². The molecule has 0 saturated carbocycles. The van der Waals surface area contributed by atoms with Crippen molar-refractivity contribution in [1.82, 2.24) is 25.3 Å². The number of hydrogen-bond donors (Lipinski definition) is 2. The Morgan fingerprint density at radius 3 is 2.67 bits per heavy atom. The predicted octanol–water partition coefficient (Wildman–Crippen LogP) is 2.05. The van der Waals surface area contributed by atoms with Gasteiger partial charge in [0.2, 0.25) is 5.91 Å². The fraction of sp³-hybridized carbons (Fsp3) is 0.706. The number of likely N-dealkylation sites (tertiary alicyclic amines) is 2. The van der Waals surface area contributed by atoms with Crippen molar-refractivity contribution >= 4 is 11.9 Å². The zero-order valence-corrected chi connectivity index (χ0v) is 14.3. The number of carbonyl (C=O) groups is 2. The second-order valence-corrected chi connectivity index (χ2v) is 6.79. The maximum absolute atomic E-state index is 12.7. The minimum atomic E-state index is -0.484. The standard InChI is InChI=1S/C17H27N5O2/c1-13(16(23)21-8-4-2-5-9-21)20-17(24)22-10-6-3-7-15(22)14-11-18-19-12-14/h11-13,15H,2-10H2,1H3,(H,18,19)(H,20,24)/t13-,15?/m0/s1. The summed E-state index contributed by atoms with van der Waals surface area (Å²) in [5.74, 6) is 0.0277. The molecule has 7 heteroatoms. The molecule has 2 atom stereocenters. The summed E-state index contributed by atoms with van der Waals surface area (Å²) >= 11 is 0. The monoisotopic (exact) mass is 333 g/mol. The van der Waals surface area contributed by atoms with Crippen molar-refractivity contribution in [3.05, 3.63) is 18.0 Å². The molecule has 3 rings (SSSR count). The highest BCUT2D eigenvalue weighted by atomic mass is 16.2. The molecular weight excluding hydrogens is 306 g/mol. The average molecular weight is 333 g/mol. The zero-order valence-electron chi connectivity index (χ0n) is 14.3. The SMILES string of the molecule is C[C@H](NC(=O)N1CCCCC1c1cn[nH]c1)C(=O)N1CCCCC1. The molecule has 0 radical (unpaired) electrons. The third kappa shape index (κ3) is 3.71. The Morgan fingerprint density at radius 1 is 1.21 bits per heavy atom. The second-order valence-electron chi connectivity index (χ2n) is 6.79. The molecule has 3 heterocycles. The Bertz CT molecular complexity index is 553. The van der Waals surface area contributed by atoms with Crippen molar-refractivity contribution in [3.63, 3.8) is 0 Å². The summed E-state index contributed by atoms with van der Waals surface area (Å²) < 4.78 is 0. The van der Waals surface area contributed by atoms with Crippen LogP contribution in [0.3, 0.4) is 0 Å². The largest absolute Gasteiger partial charge is 0.341 e. The fourth-order valence-electron chi connectivity index (χ4n) is 3.68. The Hall–Kier alpha value is -2.05. The number of amides is 3. The van der Waals surface area contributed by atoms with E-state index in [1.807, 2.05) is 16.0 Å². The topological polar surface area (TPSA) is 81.3 Å². The molecule has 2 saturated heterocycles. The quantitative estimate of drug-likeness (QED) is 0.888. The van der Waals surface area contributed by atoms with Gasteiger partial charge in [0.05, 0.1) is 12.2 Å². The van der Waals surface area contributed by atoms with Crippen molar-refractivity contribution < 1.29 is 9.59 Å². The number of H-pyrrole nitrogens is 1. The predicted molar refractivity (Wildman–Crippen MR) is 90.3 cm³/mol. The van der Waals surface area contributed by atoms with Crippen molar-refractivity contribution in [2.24, 2.45) is 0 Å². The van der Waals surface area contributed by atoms with E-state index in [1.165, 1.54) is 6.42 Å². The van der Waals surface area contributed by atoms with E-state index in [1.54, 1.807) is 13.1 Å². The van der Waals surface area contributed by atoms with E-state index in [2.05, 4.69) is 15.5 Å². The van der Waals surface area contributed by atoms with E-state index in [9.17, 15) is 9.59 Å². The number of carbonyl (C=O) groups excluding carboxylic acids is 2. The minimum Gasteiger partial charge on any atom is -0.341 e. The number of rotatable bonds is 3. The van der Waals surface area contributed by atoms with Crippen LogP contribution in [0.5, 0.6) is 0 Å². The summed E-state index contributed by atoms with van der Waals surface area (Å²) in [6.45, 7) is 4.11. The maximum Gasteiger partial charge on any atom is 0.318 e. The normalized spacial score (nSPS) is 23.0. The molecule has 7 nitrogen and oxygen atoms in total. The fourth-order valence-corrected chi connectivity index (χ4v) is 3.68. The molecule has 132 valence electrons. The van der Waals surface area contributed by atoms with Gasteiger partial charge >= 0.3 is 6.03 Å². The molecule has 24 heavy (non-hydrogen) atoms. The number of hydrogen-bond acceptors (Lipinski definition) is 3. The summed E-state index contributed by atoms with van der Waals surface area (Å²) in [5.41, 5.74) is 1.03. The van der Waals surface area contributed by atoms with E-state index >= 15 is 0 Å². The molecule has 0 bridgehead atoms. The van der Waals surface area contributed by atoms with Gasteiger partial charge in [0.25, 0.3) is 0 Å². The van der Waals surface area contributed by atoms with Gasteiger partial charge in [-0.2, -0.15) is 5.10 Å². The van der Waals surface area contributed by atoms with Crippen LogP contribution < -0.4 is 5.32 Å². The summed E-state index contributed by atoms with van der Waals surface area (Å²) in [5, 5.41) is 9.72. The molecule has 0 aromatic carbocycles. The first-order valence-electron chi connectivity index (χ1n) is 9.01. The number of nitrogens with zero attached hydrogens (tertiary/aromatic N) is 3. The molecule has 3 amide bonds. The Labute approximate surface area is 142 Å². The number of aromatic amines is 1. The lowest BCUT2D eigenvalue weighted by Crippen LogP contribution is -2.53. The Kier molecular flexibility index (Phi) is 5.37. The number of piperidine rings is 2. The molecule has 1 unspecified atom stereocenters. The van der Waals surface area contributed by atoms with Crippen molar-refractivity contribution in [2.45, 2.75) is 57.5 Å². The van der Waals surface area contributed by atoms with Gasteiger partial charge in [0, 0.05) is 31.4 Å². The van der Waals surface area contributed by atoms with Gasteiger partial charge in [-0.15, -0.1) is 0 Å². The van der Waals surface area contributed by atoms with Crippen LogP contribution in [-0.2, 0) is 4.79 Å². The van der Waals surface area contributed by atoms with E-state index in [0.29, 0.717) is 6.54 Å². The molecule has 2 N–H and O–H groups in total. The molecule has 1 aromatic rings. The minimum absolute atomic E-state index is 0.0277. The molecule has 1 aromatic heterocycles. The van der Waals surface area contributed by atoms with Gasteiger partial charge in [0.15, 0.2) is 0 Å². The first-order valence-corrected chi connectivity index (χ1v) is 9.01. The highest BCUT2D eigenvalue weighted by Crippen LogP contribution is 2.30. The summed E-state index contributed by atoms with van der Waals surface area (Å²) in [6, 6.07) is -0.601. The van der Waals surface area contributed by atoms with Crippen LogP contribution >= 0.6 is 0 Å². The first-order chi connectivity index (χ1) is 11.7. The average Bonchev–Trinajstić information content (AvgIpc) is 3.16. The van der Waals surface area contributed by atoms with Crippen LogP contribution in [0.25, 0.3) is 0 Å². The van der Waals surface area contributed by atoms with Gasteiger partial charge < -0.3 is 15.1 Å². The lowest BCUT2D eigenvalue weighted by Gasteiger charge is -2.36. The van der Waals surface area contributed by atoms with Crippen LogP contribution in [0, 0.1) is 0 Å². The van der Waals surface area contributed by atoms with Gasteiger partial charge in [0.1, 0.15) is 6.04 Å². The van der Waals surface area contributed by atoms with Crippen molar-refractivity contribution in [1.29, 1.82) is 0 Å². The Balaban J connectivity index is 1.61. The number of aromatic nitrogens is 2. The highest BCUT2D eigenvalue weighted by Gasteiger charge is 2.31. The Morgan fingerprint density at radius 2 is 1.96 bits per heavy atom. The molecule has 2 aliphatic heterocycles. The highest BCUT2D eigenvalue weighted by molar-refractivity contribution is 5.87. The van der Waals surface area contributed by atoms with E-state index < -0.39 is 6.04 Å². The van der Waals surface area contributed by atoms with Crippen LogP contribution in [-0.4, -0.2) is 57.6 Å². The lowest BCUT2D eigenvalue weighted by atomic mass is 9.98. The lowest BCUT2D eigenvalue weighted by molar-refractivity contribution is -0.133. The summed E-state index contributed by atoms with van der Waals surface area (Å²) in [4.78, 5) is 28.9. The summed E-state index contributed by atoms with van der Waals surface area (Å²) in [6.07, 6.45) is 9.95. The van der Waals surface area contributed by atoms with Crippen molar-refractivity contribution in [3.8, 4) is 0 Å². The maximum atomic E-state index is 12.7. The smallest absolute Gasteiger partial charge is 0.318 e. The van der Waals surface area contributed by atoms with Gasteiger partial charge in [-0.1, -0.05) is 0 Å². The van der Waals surface area contributed by atoms with Crippen LogP contribution in [0.4, 0.5) is 4.79 Å². The van der Waals surface area contributed by atoms with Crippen LogP contribution in [0.15, 0.2) is 12.4 Å². The molecule has 0 spiro atoms. The number of urea groups is 1.